The first kappa shape index (κ1) is 13.7. The zero-order valence-corrected chi connectivity index (χ0v) is 12.5. The lowest BCUT2D eigenvalue weighted by Gasteiger charge is -2.36. The smallest absolute Gasteiger partial charge is 0.317 e. The predicted molar refractivity (Wildman–Crippen MR) is 79.3 cm³/mol. The van der Waals surface area contributed by atoms with Crippen LogP contribution in [0.4, 0.5) is 4.79 Å². The molecule has 6 heteroatoms. The monoisotopic (exact) mass is 303 g/mol. The fraction of sp³-hybridized carbons (Fsp3) is 0.625. The highest BCUT2D eigenvalue weighted by atomic mass is 16.3. The van der Waals surface area contributed by atoms with Crippen molar-refractivity contribution < 1.29 is 14.0 Å². The van der Waals surface area contributed by atoms with Gasteiger partial charge in [0.2, 0.25) is 5.91 Å². The molecule has 4 rings (SSSR count). The van der Waals surface area contributed by atoms with Gasteiger partial charge in [-0.1, -0.05) is 0 Å². The largest absolute Gasteiger partial charge is 0.469 e. The number of nitrogens with zero attached hydrogens (tertiary/aromatic N) is 2. The maximum absolute atomic E-state index is 12.5. The fourth-order valence-electron chi connectivity index (χ4n) is 3.75. The highest BCUT2D eigenvalue weighted by Crippen LogP contribution is 2.48. The Morgan fingerprint density at radius 2 is 2.09 bits per heavy atom. The summed E-state index contributed by atoms with van der Waals surface area (Å²) in [6.07, 6.45) is 4.34. The molecule has 0 unspecified atom stereocenters. The zero-order chi connectivity index (χ0) is 15.1. The van der Waals surface area contributed by atoms with Gasteiger partial charge in [0, 0.05) is 44.1 Å². The summed E-state index contributed by atoms with van der Waals surface area (Å²) in [7, 11) is 0. The summed E-state index contributed by atoms with van der Waals surface area (Å²) in [5.41, 5.74) is 0. The van der Waals surface area contributed by atoms with Gasteiger partial charge < -0.3 is 19.5 Å². The van der Waals surface area contributed by atoms with Crippen LogP contribution in [0.15, 0.2) is 22.8 Å². The molecule has 1 aromatic rings. The number of hydrogen-bond acceptors (Lipinski definition) is 3. The number of piperidine rings is 1. The van der Waals surface area contributed by atoms with Gasteiger partial charge >= 0.3 is 6.03 Å². The van der Waals surface area contributed by atoms with Gasteiger partial charge in [0.05, 0.1) is 6.26 Å². The van der Waals surface area contributed by atoms with Crippen LogP contribution in [0.3, 0.4) is 0 Å². The van der Waals surface area contributed by atoms with Crippen LogP contribution in [0, 0.1) is 5.92 Å². The summed E-state index contributed by atoms with van der Waals surface area (Å²) in [4.78, 5) is 28.1. The number of amides is 3. The second-order valence-corrected chi connectivity index (χ2v) is 6.45. The molecule has 3 amide bonds. The number of hydrogen-bond donors (Lipinski definition) is 1. The van der Waals surface area contributed by atoms with Crippen molar-refractivity contribution >= 4 is 11.9 Å². The summed E-state index contributed by atoms with van der Waals surface area (Å²) in [6.45, 7) is 3.05. The van der Waals surface area contributed by atoms with Crippen molar-refractivity contribution in [2.75, 3.05) is 26.2 Å². The van der Waals surface area contributed by atoms with E-state index in [2.05, 4.69) is 5.32 Å². The molecule has 0 spiro atoms. The van der Waals surface area contributed by atoms with Crippen LogP contribution in [0.2, 0.25) is 0 Å². The van der Waals surface area contributed by atoms with E-state index in [9.17, 15) is 9.59 Å². The molecular formula is C16H21N3O3. The van der Waals surface area contributed by atoms with Gasteiger partial charge in [0.1, 0.15) is 5.76 Å². The number of urea groups is 1. The lowest BCUT2D eigenvalue weighted by Crippen LogP contribution is -2.48. The number of likely N-dealkylation sites (tertiary alicyclic amines) is 1. The summed E-state index contributed by atoms with van der Waals surface area (Å²) < 4.78 is 5.40. The van der Waals surface area contributed by atoms with Gasteiger partial charge in [-0.2, -0.15) is 0 Å². The Morgan fingerprint density at radius 3 is 2.73 bits per heavy atom. The van der Waals surface area contributed by atoms with Gasteiger partial charge in [0.25, 0.3) is 0 Å². The van der Waals surface area contributed by atoms with Crippen LogP contribution >= 0.6 is 0 Å². The van der Waals surface area contributed by atoms with E-state index in [0.717, 1.165) is 51.2 Å². The molecule has 1 aliphatic carbocycles. The first-order valence-corrected chi connectivity index (χ1v) is 8.10. The SMILES string of the molecule is O=C([C@H]1C[C@H]1c1ccco1)N1CCC(N2CCNC2=O)CC1. The maximum atomic E-state index is 12.5. The molecule has 6 nitrogen and oxygen atoms in total. The third kappa shape index (κ3) is 2.36. The second-order valence-electron chi connectivity index (χ2n) is 6.45. The summed E-state index contributed by atoms with van der Waals surface area (Å²) in [5.74, 6) is 1.55. The van der Waals surface area contributed by atoms with Crippen molar-refractivity contribution in [3.8, 4) is 0 Å². The normalized spacial score (nSPS) is 28.8. The number of carbonyl (C=O) groups excluding carboxylic acids is 2. The minimum atomic E-state index is 0.0462. The van der Waals surface area contributed by atoms with E-state index in [1.54, 1.807) is 6.26 Å². The zero-order valence-electron chi connectivity index (χ0n) is 12.5. The number of rotatable bonds is 3. The molecule has 2 atom stereocenters. The van der Waals surface area contributed by atoms with Gasteiger partial charge in [-0.15, -0.1) is 0 Å². The molecule has 0 radical (unpaired) electrons. The Balaban J connectivity index is 1.31. The Labute approximate surface area is 129 Å². The highest BCUT2D eigenvalue weighted by molar-refractivity contribution is 5.83. The van der Waals surface area contributed by atoms with Crippen LogP contribution < -0.4 is 5.32 Å². The molecule has 2 saturated heterocycles. The molecule has 2 aliphatic heterocycles. The molecule has 1 saturated carbocycles. The van der Waals surface area contributed by atoms with Crippen LogP contribution in [-0.2, 0) is 4.79 Å². The van der Waals surface area contributed by atoms with Crippen molar-refractivity contribution in [1.82, 2.24) is 15.1 Å². The first-order valence-electron chi connectivity index (χ1n) is 8.10. The Hall–Kier alpha value is -1.98. The van der Waals surface area contributed by atoms with E-state index >= 15 is 0 Å². The second kappa shape index (κ2) is 5.34. The van der Waals surface area contributed by atoms with Crippen LogP contribution in [0.5, 0.6) is 0 Å². The molecule has 0 aromatic carbocycles. The third-order valence-corrected chi connectivity index (χ3v) is 5.12. The van der Waals surface area contributed by atoms with Crippen molar-refractivity contribution in [3.05, 3.63) is 24.2 Å². The topological polar surface area (TPSA) is 65.8 Å². The molecule has 118 valence electrons. The fourth-order valence-corrected chi connectivity index (χ4v) is 3.75. The van der Waals surface area contributed by atoms with Crippen molar-refractivity contribution in [2.45, 2.75) is 31.2 Å². The molecule has 0 bridgehead atoms. The van der Waals surface area contributed by atoms with E-state index in [1.807, 2.05) is 21.9 Å². The summed E-state index contributed by atoms with van der Waals surface area (Å²) in [5, 5.41) is 2.85. The van der Waals surface area contributed by atoms with E-state index in [0.29, 0.717) is 0 Å². The lowest BCUT2D eigenvalue weighted by molar-refractivity contribution is -0.134. The van der Waals surface area contributed by atoms with Gasteiger partial charge in [-0.3, -0.25) is 4.79 Å². The predicted octanol–water partition coefficient (Wildman–Crippen LogP) is 1.40. The Morgan fingerprint density at radius 1 is 1.27 bits per heavy atom. The van der Waals surface area contributed by atoms with Gasteiger partial charge in [-0.25, -0.2) is 4.79 Å². The number of furan rings is 1. The quantitative estimate of drug-likeness (QED) is 0.918. The average Bonchev–Trinajstić information content (AvgIpc) is 2.95. The van der Waals surface area contributed by atoms with Crippen LogP contribution in [0.1, 0.15) is 30.9 Å². The standard InChI is InChI=1S/C16H21N3O3/c20-15(13-10-12(13)14-2-1-9-22-14)18-6-3-11(4-7-18)19-8-5-17-16(19)21/h1-2,9,11-13H,3-8,10H2,(H,17,21)/t12-,13+/m1/s1. The molecule has 3 heterocycles. The highest BCUT2D eigenvalue weighted by Gasteiger charge is 2.48. The number of nitrogens with one attached hydrogen (secondary N) is 1. The molecule has 3 fully saturated rings. The summed E-state index contributed by atoms with van der Waals surface area (Å²) in [6, 6.07) is 4.16. The van der Waals surface area contributed by atoms with Gasteiger partial charge in [0.15, 0.2) is 0 Å². The van der Waals surface area contributed by atoms with E-state index < -0.39 is 0 Å². The minimum Gasteiger partial charge on any atom is -0.469 e. The number of carbonyl (C=O) groups is 2. The van der Waals surface area contributed by atoms with Crippen LogP contribution in [0.25, 0.3) is 0 Å². The molecular weight excluding hydrogens is 282 g/mol. The van der Waals surface area contributed by atoms with E-state index in [4.69, 9.17) is 4.42 Å². The molecule has 1 N–H and O–H groups in total. The Kier molecular flexibility index (Phi) is 3.32. The van der Waals surface area contributed by atoms with Crippen molar-refractivity contribution in [3.63, 3.8) is 0 Å². The van der Waals surface area contributed by atoms with Crippen molar-refractivity contribution in [1.29, 1.82) is 0 Å². The molecule has 1 aromatic heterocycles. The van der Waals surface area contributed by atoms with Gasteiger partial charge in [-0.05, 0) is 31.4 Å². The average molecular weight is 303 g/mol. The maximum Gasteiger partial charge on any atom is 0.317 e. The van der Waals surface area contributed by atoms with Crippen molar-refractivity contribution in [2.24, 2.45) is 5.92 Å². The Bertz CT molecular complexity index is 563. The first-order chi connectivity index (χ1) is 10.7. The van der Waals surface area contributed by atoms with Crippen LogP contribution in [-0.4, -0.2) is 54.0 Å². The minimum absolute atomic E-state index is 0.0462. The summed E-state index contributed by atoms with van der Waals surface area (Å²) >= 11 is 0. The molecule has 22 heavy (non-hydrogen) atoms. The van der Waals surface area contributed by atoms with E-state index in [-0.39, 0.29) is 29.8 Å². The van der Waals surface area contributed by atoms with E-state index in [1.165, 1.54) is 0 Å². The lowest BCUT2D eigenvalue weighted by atomic mass is 10.0. The molecule has 3 aliphatic rings. The third-order valence-electron chi connectivity index (χ3n) is 5.12.